The number of nitrogens with zero attached hydrogens (tertiary/aromatic N) is 1. The maximum absolute atomic E-state index is 11.8. The van der Waals surface area contributed by atoms with Crippen LogP contribution in [0.15, 0.2) is 9.59 Å². The van der Waals surface area contributed by atoms with Crippen molar-refractivity contribution in [2.75, 3.05) is 13.2 Å². The molecule has 0 aliphatic heterocycles. The highest BCUT2D eigenvalue weighted by Crippen LogP contribution is 2.28. The Balaban J connectivity index is 2.01. The molecule has 6 heteroatoms. The minimum Gasteiger partial charge on any atom is -0.379 e. The molecule has 0 unspecified atom stereocenters. The second kappa shape index (κ2) is 5.06. The van der Waals surface area contributed by atoms with Crippen LogP contribution in [0.3, 0.4) is 0 Å². The van der Waals surface area contributed by atoms with Crippen molar-refractivity contribution in [1.29, 1.82) is 0 Å². The number of H-pyrrole nitrogens is 1. The van der Waals surface area contributed by atoms with Crippen molar-refractivity contribution in [3.8, 4) is 0 Å². The quantitative estimate of drug-likeness (QED) is 0.631. The molecule has 0 atom stereocenters. The van der Waals surface area contributed by atoms with Gasteiger partial charge in [-0.15, -0.1) is 0 Å². The average molecular weight is 259 g/mol. The van der Waals surface area contributed by atoms with Gasteiger partial charge in [0.2, 0.25) is 0 Å². The molecule has 1 aromatic rings. The van der Waals surface area contributed by atoms with E-state index in [0.717, 1.165) is 11.2 Å². The van der Waals surface area contributed by atoms with Crippen molar-refractivity contribution >= 4 is 11.6 Å². The Bertz CT molecular complexity index is 516. The van der Waals surface area contributed by atoms with Crippen molar-refractivity contribution in [3.05, 3.63) is 31.6 Å². The molecule has 1 N–H and O–H groups in total. The number of nitrogens with one attached hydrogen (secondary N) is 1. The van der Waals surface area contributed by atoms with Crippen LogP contribution in [0.1, 0.15) is 18.4 Å². The number of ether oxygens (including phenoxy) is 1. The molecule has 1 heterocycles. The first kappa shape index (κ1) is 12.4. The van der Waals surface area contributed by atoms with Gasteiger partial charge in [-0.2, -0.15) is 0 Å². The molecule has 1 aliphatic carbocycles. The monoisotopic (exact) mass is 258 g/mol. The van der Waals surface area contributed by atoms with Crippen LogP contribution < -0.4 is 11.2 Å². The second-order valence-corrected chi connectivity index (χ2v) is 4.72. The third kappa shape index (κ3) is 2.98. The van der Waals surface area contributed by atoms with Crippen LogP contribution in [0.4, 0.5) is 0 Å². The molecule has 94 valence electrons. The molecule has 0 saturated heterocycles. The first-order valence-electron chi connectivity index (χ1n) is 5.66. The van der Waals surface area contributed by atoms with E-state index < -0.39 is 5.69 Å². The number of rotatable bonds is 5. The molecule has 17 heavy (non-hydrogen) atoms. The molecule has 0 radical (unpaired) electrons. The Morgan fingerprint density at radius 3 is 2.82 bits per heavy atom. The zero-order valence-corrected chi connectivity index (χ0v) is 10.4. The number of hydrogen-bond donors (Lipinski definition) is 1. The fourth-order valence-electron chi connectivity index (χ4n) is 1.54. The second-order valence-electron chi connectivity index (χ2n) is 4.34. The summed E-state index contributed by atoms with van der Waals surface area (Å²) >= 11 is 5.70. The van der Waals surface area contributed by atoms with E-state index in [1.165, 1.54) is 12.8 Å². The lowest BCUT2D eigenvalue weighted by Crippen LogP contribution is -2.37. The normalized spacial score (nSPS) is 15.2. The Morgan fingerprint density at radius 2 is 2.18 bits per heavy atom. The summed E-state index contributed by atoms with van der Waals surface area (Å²) in [5.41, 5.74) is -0.483. The van der Waals surface area contributed by atoms with Gasteiger partial charge in [0.25, 0.3) is 5.56 Å². The van der Waals surface area contributed by atoms with E-state index >= 15 is 0 Å². The van der Waals surface area contributed by atoms with Crippen LogP contribution in [-0.4, -0.2) is 22.8 Å². The summed E-state index contributed by atoms with van der Waals surface area (Å²) in [6, 6.07) is 0. The van der Waals surface area contributed by atoms with Crippen LogP contribution in [0, 0.1) is 12.8 Å². The van der Waals surface area contributed by atoms with Gasteiger partial charge < -0.3 is 4.74 Å². The van der Waals surface area contributed by atoms with Crippen LogP contribution >= 0.6 is 11.6 Å². The summed E-state index contributed by atoms with van der Waals surface area (Å²) in [5, 5.41) is 0.107. The molecule has 0 aromatic carbocycles. The summed E-state index contributed by atoms with van der Waals surface area (Å²) < 4.78 is 6.52. The third-order valence-electron chi connectivity index (χ3n) is 2.87. The average Bonchev–Trinajstić information content (AvgIpc) is 3.09. The predicted octanol–water partition coefficient (Wildman–Crippen LogP) is 0.925. The molecule has 0 bridgehead atoms. The third-order valence-corrected chi connectivity index (χ3v) is 3.24. The zero-order chi connectivity index (χ0) is 12.4. The topological polar surface area (TPSA) is 64.1 Å². The van der Waals surface area contributed by atoms with Gasteiger partial charge in [0.05, 0.1) is 13.2 Å². The lowest BCUT2D eigenvalue weighted by Gasteiger charge is -2.07. The molecular weight excluding hydrogens is 244 g/mol. The van der Waals surface area contributed by atoms with Crippen molar-refractivity contribution in [2.45, 2.75) is 26.3 Å². The lowest BCUT2D eigenvalue weighted by atomic mass is 10.4. The maximum Gasteiger partial charge on any atom is 0.329 e. The van der Waals surface area contributed by atoms with Crippen molar-refractivity contribution < 1.29 is 4.74 Å². The van der Waals surface area contributed by atoms with Crippen LogP contribution in [-0.2, 0) is 11.3 Å². The summed E-state index contributed by atoms with van der Waals surface area (Å²) in [6.07, 6.45) is 2.45. The Kier molecular flexibility index (Phi) is 3.69. The number of aromatic amines is 1. The molecule has 0 spiro atoms. The minimum atomic E-state index is -0.486. The van der Waals surface area contributed by atoms with E-state index in [2.05, 4.69) is 4.98 Å². The minimum absolute atomic E-state index is 0.107. The van der Waals surface area contributed by atoms with Crippen molar-refractivity contribution in [2.24, 2.45) is 5.92 Å². The summed E-state index contributed by atoms with van der Waals surface area (Å²) in [7, 11) is 0. The summed E-state index contributed by atoms with van der Waals surface area (Å²) in [4.78, 5) is 25.7. The van der Waals surface area contributed by atoms with E-state index in [0.29, 0.717) is 18.1 Å². The van der Waals surface area contributed by atoms with Gasteiger partial charge in [0.15, 0.2) is 0 Å². The highest BCUT2D eigenvalue weighted by molar-refractivity contribution is 6.30. The van der Waals surface area contributed by atoms with Gasteiger partial charge in [-0.3, -0.25) is 14.3 Å². The standard InChI is InChI=1S/C11H15ClN2O3/c1-7-9(12)13-11(16)14(10(7)15)4-5-17-6-8-2-3-8/h8H,2-6H2,1H3,(H,13,16). The van der Waals surface area contributed by atoms with Gasteiger partial charge >= 0.3 is 5.69 Å². The highest BCUT2D eigenvalue weighted by Gasteiger charge is 2.21. The molecule has 1 aliphatic rings. The van der Waals surface area contributed by atoms with Crippen LogP contribution in [0.2, 0.25) is 5.15 Å². The molecule has 1 fully saturated rings. The van der Waals surface area contributed by atoms with Gasteiger partial charge in [-0.1, -0.05) is 11.6 Å². The number of hydrogen-bond acceptors (Lipinski definition) is 3. The smallest absolute Gasteiger partial charge is 0.329 e. The lowest BCUT2D eigenvalue weighted by molar-refractivity contribution is 0.115. The van der Waals surface area contributed by atoms with Crippen molar-refractivity contribution in [1.82, 2.24) is 9.55 Å². The van der Waals surface area contributed by atoms with Crippen molar-refractivity contribution in [3.63, 3.8) is 0 Å². The van der Waals surface area contributed by atoms with E-state index in [1.807, 2.05) is 0 Å². The van der Waals surface area contributed by atoms with E-state index in [1.54, 1.807) is 6.92 Å². The maximum atomic E-state index is 11.8. The largest absolute Gasteiger partial charge is 0.379 e. The van der Waals surface area contributed by atoms with Gasteiger partial charge in [-0.25, -0.2) is 4.79 Å². The fourth-order valence-corrected chi connectivity index (χ4v) is 1.70. The number of aromatic nitrogens is 2. The fraction of sp³-hybridized carbons (Fsp3) is 0.636. The highest BCUT2D eigenvalue weighted by atomic mass is 35.5. The van der Waals surface area contributed by atoms with Gasteiger partial charge in [-0.05, 0) is 25.7 Å². The Hall–Kier alpha value is -1.07. The Labute approximate surface area is 103 Å². The van der Waals surface area contributed by atoms with E-state index in [4.69, 9.17) is 16.3 Å². The molecule has 0 amide bonds. The molecule has 1 saturated carbocycles. The number of halogens is 1. The van der Waals surface area contributed by atoms with Gasteiger partial charge in [0.1, 0.15) is 5.15 Å². The van der Waals surface area contributed by atoms with Gasteiger partial charge in [0, 0.05) is 12.2 Å². The molecule has 2 rings (SSSR count). The molecular formula is C11H15ClN2O3. The first-order valence-corrected chi connectivity index (χ1v) is 6.04. The van der Waals surface area contributed by atoms with Crippen LogP contribution in [0.25, 0.3) is 0 Å². The first-order chi connectivity index (χ1) is 8.09. The Morgan fingerprint density at radius 1 is 1.47 bits per heavy atom. The van der Waals surface area contributed by atoms with Crippen LogP contribution in [0.5, 0.6) is 0 Å². The summed E-state index contributed by atoms with van der Waals surface area (Å²) in [5.74, 6) is 0.678. The molecule has 5 nitrogen and oxygen atoms in total. The van der Waals surface area contributed by atoms with E-state index in [-0.39, 0.29) is 17.3 Å². The predicted molar refractivity (Wildman–Crippen MR) is 64.6 cm³/mol. The summed E-state index contributed by atoms with van der Waals surface area (Å²) in [6.45, 7) is 2.95. The molecule has 1 aromatic heterocycles. The van der Waals surface area contributed by atoms with E-state index in [9.17, 15) is 9.59 Å². The SMILES string of the molecule is Cc1c(Cl)[nH]c(=O)n(CCOCC2CC2)c1=O. The zero-order valence-electron chi connectivity index (χ0n) is 9.66.